The second-order valence-corrected chi connectivity index (χ2v) is 7.45. The normalized spacial score (nSPS) is 14.8. The summed E-state index contributed by atoms with van der Waals surface area (Å²) in [6, 6.07) is 7.47. The van der Waals surface area contributed by atoms with Gasteiger partial charge in [0.25, 0.3) is 5.91 Å². The maximum absolute atomic E-state index is 12.9. The Morgan fingerprint density at radius 3 is 2.50 bits per heavy atom. The van der Waals surface area contributed by atoms with E-state index >= 15 is 0 Å². The number of aromatic nitrogens is 4. The van der Waals surface area contributed by atoms with Crippen LogP contribution in [0.15, 0.2) is 42.7 Å². The number of piperazine rings is 1. The van der Waals surface area contributed by atoms with E-state index in [0.29, 0.717) is 24.5 Å². The molecule has 0 atom stereocenters. The predicted octanol–water partition coefficient (Wildman–Crippen LogP) is 2.06. The van der Waals surface area contributed by atoms with E-state index in [1.165, 1.54) is 17.7 Å². The van der Waals surface area contributed by atoms with Crippen LogP contribution in [0.25, 0.3) is 0 Å². The lowest BCUT2D eigenvalue weighted by atomic mass is 10.2. The van der Waals surface area contributed by atoms with Crippen LogP contribution in [0.4, 0.5) is 4.39 Å². The molecule has 158 valence electrons. The van der Waals surface area contributed by atoms with Crippen molar-refractivity contribution in [2.24, 2.45) is 7.05 Å². The fourth-order valence-corrected chi connectivity index (χ4v) is 3.53. The molecule has 3 heterocycles. The average molecular weight is 412 g/mol. The molecule has 0 spiro atoms. The van der Waals surface area contributed by atoms with Crippen LogP contribution in [0, 0.1) is 12.7 Å². The van der Waals surface area contributed by atoms with Crippen molar-refractivity contribution in [2.75, 3.05) is 26.2 Å². The number of aryl methyl sites for hydroxylation is 2. The van der Waals surface area contributed by atoms with Crippen molar-refractivity contribution < 1.29 is 13.9 Å². The van der Waals surface area contributed by atoms with Gasteiger partial charge in [-0.2, -0.15) is 10.2 Å². The van der Waals surface area contributed by atoms with Crippen LogP contribution < -0.4 is 4.74 Å². The van der Waals surface area contributed by atoms with E-state index in [1.54, 1.807) is 29.1 Å². The molecule has 0 radical (unpaired) electrons. The molecule has 0 aliphatic carbocycles. The molecule has 1 amide bonds. The average Bonchev–Trinajstić information content (AvgIpc) is 3.34. The van der Waals surface area contributed by atoms with Gasteiger partial charge in [-0.05, 0) is 37.3 Å². The van der Waals surface area contributed by atoms with E-state index in [2.05, 4.69) is 15.1 Å². The SMILES string of the molecule is Cc1nn(C)cc1CN1CCN(C(=O)c2ccn(COc3ccc(F)cc3)n2)CC1. The van der Waals surface area contributed by atoms with Gasteiger partial charge in [-0.25, -0.2) is 9.07 Å². The largest absolute Gasteiger partial charge is 0.471 e. The molecule has 9 heteroatoms. The van der Waals surface area contributed by atoms with E-state index in [4.69, 9.17) is 4.74 Å². The van der Waals surface area contributed by atoms with Gasteiger partial charge in [-0.1, -0.05) is 0 Å². The molecule has 0 unspecified atom stereocenters. The third-order valence-corrected chi connectivity index (χ3v) is 5.21. The van der Waals surface area contributed by atoms with E-state index in [0.717, 1.165) is 25.3 Å². The summed E-state index contributed by atoms with van der Waals surface area (Å²) in [6.07, 6.45) is 3.76. The molecule has 30 heavy (non-hydrogen) atoms. The molecule has 1 saturated heterocycles. The Bertz CT molecular complexity index is 1000. The first-order chi connectivity index (χ1) is 14.5. The van der Waals surface area contributed by atoms with Gasteiger partial charge in [0.1, 0.15) is 11.6 Å². The second kappa shape index (κ2) is 8.66. The minimum atomic E-state index is -0.315. The number of nitrogens with zero attached hydrogens (tertiary/aromatic N) is 6. The second-order valence-electron chi connectivity index (χ2n) is 7.45. The van der Waals surface area contributed by atoms with Crippen LogP contribution in [0.2, 0.25) is 0 Å². The van der Waals surface area contributed by atoms with Gasteiger partial charge in [0.15, 0.2) is 12.4 Å². The summed E-state index contributed by atoms with van der Waals surface area (Å²) in [6.45, 7) is 5.97. The summed E-state index contributed by atoms with van der Waals surface area (Å²) in [4.78, 5) is 17.0. The van der Waals surface area contributed by atoms with E-state index in [9.17, 15) is 9.18 Å². The molecule has 0 bridgehead atoms. The first-order valence-corrected chi connectivity index (χ1v) is 9.90. The van der Waals surface area contributed by atoms with Crippen LogP contribution in [-0.2, 0) is 20.3 Å². The Labute approximate surface area is 174 Å². The topological polar surface area (TPSA) is 68.4 Å². The van der Waals surface area contributed by atoms with Crippen molar-refractivity contribution in [1.82, 2.24) is 29.4 Å². The Morgan fingerprint density at radius 2 is 1.83 bits per heavy atom. The van der Waals surface area contributed by atoms with Gasteiger partial charge < -0.3 is 9.64 Å². The van der Waals surface area contributed by atoms with Gasteiger partial charge in [-0.3, -0.25) is 14.4 Å². The Hall–Kier alpha value is -3.20. The number of halogens is 1. The van der Waals surface area contributed by atoms with E-state index in [-0.39, 0.29) is 18.5 Å². The maximum atomic E-state index is 12.9. The van der Waals surface area contributed by atoms with Gasteiger partial charge >= 0.3 is 0 Å². The van der Waals surface area contributed by atoms with E-state index < -0.39 is 0 Å². The highest BCUT2D eigenvalue weighted by Crippen LogP contribution is 2.14. The molecule has 1 aromatic carbocycles. The number of rotatable bonds is 6. The highest BCUT2D eigenvalue weighted by molar-refractivity contribution is 5.92. The van der Waals surface area contributed by atoms with Gasteiger partial charge in [0.2, 0.25) is 0 Å². The van der Waals surface area contributed by atoms with Crippen LogP contribution in [0.3, 0.4) is 0 Å². The van der Waals surface area contributed by atoms with Crippen molar-refractivity contribution in [1.29, 1.82) is 0 Å². The molecule has 1 aliphatic heterocycles. The standard InChI is InChI=1S/C21H25FN6O2/c1-16-17(13-25(2)23-16)14-26-9-11-27(12-10-26)21(29)20-7-8-28(24-20)15-30-19-5-3-18(22)4-6-19/h3-8,13H,9-12,14-15H2,1-2H3. The lowest BCUT2D eigenvalue weighted by molar-refractivity contribution is 0.0620. The molecule has 4 rings (SSSR count). The van der Waals surface area contributed by atoms with Crippen LogP contribution in [0.1, 0.15) is 21.7 Å². The molecule has 1 aliphatic rings. The first kappa shape index (κ1) is 20.1. The predicted molar refractivity (Wildman–Crippen MR) is 108 cm³/mol. The number of carbonyl (C=O) groups excluding carboxylic acids is 1. The van der Waals surface area contributed by atoms with Crippen molar-refractivity contribution in [3.63, 3.8) is 0 Å². The first-order valence-electron chi connectivity index (χ1n) is 9.90. The highest BCUT2D eigenvalue weighted by Gasteiger charge is 2.24. The summed E-state index contributed by atoms with van der Waals surface area (Å²) in [5.74, 6) is 0.150. The van der Waals surface area contributed by atoms with Gasteiger partial charge in [0.05, 0.1) is 5.69 Å². The van der Waals surface area contributed by atoms with Crippen molar-refractivity contribution in [2.45, 2.75) is 20.2 Å². The lowest BCUT2D eigenvalue weighted by Crippen LogP contribution is -2.48. The third kappa shape index (κ3) is 4.68. The quantitative estimate of drug-likeness (QED) is 0.620. The van der Waals surface area contributed by atoms with E-state index in [1.807, 2.05) is 29.7 Å². The van der Waals surface area contributed by atoms with Gasteiger partial charge in [0, 0.05) is 57.7 Å². The number of amides is 1. The summed E-state index contributed by atoms with van der Waals surface area (Å²) < 4.78 is 21.9. The summed E-state index contributed by atoms with van der Waals surface area (Å²) in [5.41, 5.74) is 2.66. The monoisotopic (exact) mass is 412 g/mol. The van der Waals surface area contributed by atoms with Crippen LogP contribution in [0.5, 0.6) is 5.75 Å². The molecule has 0 N–H and O–H groups in total. The molecular formula is C21H25FN6O2. The van der Waals surface area contributed by atoms with Crippen LogP contribution >= 0.6 is 0 Å². The summed E-state index contributed by atoms with van der Waals surface area (Å²) in [5, 5.41) is 8.71. The highest BCUT2D eigenvalue weighted by atomic mass is 19.1. The Balaban J connectivity index is 1.28. The molecule has 2 aromatic heterocycles. The van der Waals surface area contributed by atoms with Gasteiger partial charge in [-0.15, -0.1) is 0 Å². The molecule has 1 fully saturated rings. The minimum Gasteiger partial charge on any atom is -0.471 e. The van der Waals surface area contributed by atoms with Crippen molar-refractivity contribution in [3.8, 4) is 5.75 Å². The van der Waals surface area contributed by atoms with Crippen LogP contribution in [-0.4, -0.2) is 61.4 Å². The molecule has 0 saturated carbocycles. The zero-order valence-electron chi connectivity index (χ0n) is 17.2. The lowest BCUT2D eigenvalue weighted by Gasteiger charge is -2.34. The Kier molecular flexibility index (Phi) is 5.80. The minimum absolute atomic E-state index is 0.0762. The molecule has 3 aromatic rings. The number of ether oxygens (including phenoxy) is 1. The summed E-state index contributed by atoms with van der Waals surface area (Å²) in [7, 11) is 1.93. The zero-order valence-corrected chi connectivity index (χ0v) is 17.2. The zero-order chi connectivity index (χ0) is 21.1. The fraction of sp³-hybridized carbons (Fsp3) is 0.381. The molecule has 8 nitrogen and oxygen atoms in total. The maximum Gasteiger partial charge on any atom is 0.274 e. The Morgan fingerprint density at radius 1 is 1.10 bits per heavy atom. The fourth-order valence-electron chi connectivity index (χ4n) is 3.53. The van der Waals surface area contributed by atoms with Crippen molar-refractivity contribution in [3.05, 3.63) is 65.5 Å². The number of hydrogen-bond donors (Lipinski definition) is 0. The smallest absolute Gasteiger partial charge is 0.274 e. The third-order valence-electron chi connectivity index (χ3n) is 5.21. The molecular weight excluding hydrogens is 387 g/mol. The number of benzene rings is 1. The number of carbonyl (C=O) groups is 1. The van der Waals surface area contributed by atoms with Crippen molar-refractivity contribution >= 4 is 5.91 Å². The summed E-state index contributed by atoms with van der Waals surface area (Å²) >= 11 is 0. The number of hydrogen-bond acceptors (Lipinski definition) is 5.